The molecule has 4 heterocycles. The average Bonchev–Trinajstić information content (AvgIpc) is 3.12. The van der Waals surface area contributed by atoms with E-state index in [1.807, 2.05) is 35.0 Å². The Hall–Kier alpha value is -1.80. The zero-order valence-corrected chi connectivity index (χ0v) is 21.0. The number of hydrogen-bond acceptors (Lipinski definition) is 5. The Morgan fingerprint density at radius 3 is 2.48 bits per heavy atom. The number of aliphatic hydroxyl groups excluding tert-OH is 1. The van der Waals surface area contributed by atoms with Gasteiger partial charge in [0.1, 0.15) is 6.04 Å². The summed E-state index contributed by atoms with van der Waals surface area (Å²) in [6.07, 6.45) is 10.9. The van der Waals surface area contributed by atoms with Gasteiger partial charge in [-0.1, -0.05) is 44.6 Å². The van der Waals surface area contributed by atoms with Crippen LogP contribution in [0.25, 0.3) is 0 Å². The molecule has 2 unspecified atom stereocenters. The van der Waals surface area contributed by atoms with Crippen molar-refractivity contribution in [3.05, 3.63) is 24.3 Å². The third kappa shape index (κ3) is 3.73. The van der Waals surface area contributed by atoms with E-state index in [1.54, 1.807) is 23.6 Å². The van der Waals surface area contributed by atoms with Crippen LogP contribution < -0.4 is 0 Å². The molecule has 0 aromatic heterocycles. The second-order valence-corrected chi connectivity index (χ2v) is 11.3. The number of fused-ring (bicyclic) bond motifs is 2. The lowest BCUT2D eigenvalue weighted by Gasteiger charge is -2.39. The number of carbonyl (C=O) groups is 3. The summed E-state index contributed by atoms with van der Waals surface area (Å²) in [4.78, 5) is 47.1. The first kappa shape index (κ1) is 24.3. The first-order valence-corrected chi connectivity index (χ1v) is 13.2. The Bertz CT molecular complexity index is 861. The maximum Gasteiger partial charge on any atom is 0.247 e. The van der Waals surface area contributed by atoms with Gasteiger partial charge in [-0.25, -0.2) is 0 Å². The molecule has 0 aliphatic carbocycles. The number of amides is 3. The van der Waals surface area contributed by atoms with Gasteiger partial charge in [0.05, 0.1) is 29.2 Å². The Morgan fingerprint density at radius 2 is 1.82 bits per heavy atom. The maximum atomic E-state index is 14.1. The Labute approximate surface area is 201 Å². The number of carbonyl (C=O) groups excluding carboxylic acids is 3. The first-order valence-electron chi connectivity index (χ1n) is 12.4. The van der Waals surface area contributed by atoms with E-state index in [2.05, 4.69) is 19.9 Å². The van der Waals surface area contributed by atoms with Crippen LogP contribution in [0.3, 0.4) is 0 Å². The normalized spacial score (nSPS) is 35.3. The van der Waals surface area contributed by atoms with Gasteiger partial charge in [-0.15, -0.1) is 11.8 Å². The number of aliphatic hydroxyl groups is 1. The summed E-state index contributed by atoms with van der Waals surface area (Å²) in [5.41, 5.74) is 0. The molecule has 1 N–H and O–H groups in total. The van der Waals surface area contributed by atoms with Gasteiger partial charge >= 0.3 is 0 Å². The van der Waals surface area contributed by atoms with Gasteiger partial charge in [-0.2, -0.15) is 0 Å². The third-order valence-electron chi connectivity index (χ3n) is 7.68. The molecule has 33 heavy (non-hydrogen) atoms. The van der Waals surface area contributed by atoms with E-state index in [0.29, 0.717) is 19.6 Å². The quantitative estimate of drug-likeness (QED) is 0.570. The van der Waals surface area contributed by atoms with Crippen LogP contribution in [0.1, 0.15) is 47.0 Å². The van der Waals surface area contributed by atoms with E-state index >= 15 is 0 Å². The zero-order valence-electron chi connectivity index (χ0n) is 20.1. The highest BCUT2D eigenvalue weighted by atomic mass is 32.2. The molecule has 2 saturated heterocycles. The van der Waals surface area contributed by atoms with Crippen molar-refractivity contribution in [2.45, 2.75) is 75.1 Å². The molecule has 7 nitrogen and oxygen atoms in total. The fourth-order valence-electron chi connectivity index (χ4n) is 6.15. The maximum absolute atomic E-state index is 14.1. The second kappa shape index (κ2) is 9.45. The summed E-state index contributed by atoms with van der Waals surface area (Å²) in [6, 6.07) is -1.15. The van der Waals surface area contributed by atoms with Crippen LogP contribution in [0, 0.1) is 11.8 Å². The van der Waals surface area contributed by atoms with Crippen LogP contribution in [-0.4, -0.2) is 91.9 Å². The van der Waals surface area contributed by atoms with Crippen LogP contribution in [-0.2, 0) is 14.4 Å². The van der Waals surface area contributed by atoms with Crippen LogP contribution in [0.5, 0.6) is 0 Å². The SMILES string of the molecule is CCCC(C)N1CC=C[C@]23S[C@H]4C=CCN(CCC)C(=O)[C@H]4[C@H]2C(=O)N([C@H](C)CO)C3C1=O. The van der Waals surface area contributed by atoms with E-state index in [4.69, 9.17) is 0 Å². The number of nitrogens with zero attached hydrogens (tertiary/aromatic N) is 3. The summed E-state index contributed by atoms with van der Waals surface area (Å²) in [7, 11) is 0. The molecule has 0 aromatic carbocycles. The van der Waals surface area contributed by atoms with Gasteiger partial charge in [0.15, 0.2) is 0 Å². The lowest BCUT2D eigenvalue weighted by Crippen LogP contribution is -2.57. The molecular formula is C25H37N3O4S. The highest BCUT2D eigenvalue weighted by molar-refractivity contribution is 8.02. The minimum absolute atomic E-state index is 0.00753. The van der Waals surface area contributed by atoms with Crippen molar-refractivity contribution in [1.82, 2.24) is 14.7 Å². The minimum atomic E-state index is -0.803. The molecule has 4 rings (SSSR count). The smallest absolute Gasteiger partial charge is 0.247 e. The van der Waals surface area contributed by atoms with Gasteiger partial charge in [0.25, 0.3) is 0 Å². The molecule has 4 aliphatic heterocycles. The van der Waals surface area contributed by atoms with E-state index in [9.17, 15) is 19.5 Å². The van der Waals surface area contributed by atoms with E-state index in [0.717, 1.165) is 19.3 Å². The van der Waals surface area contributed by atoms with Crippen LogP contribution in [0.4, 0.5) is 0 Å². The lowest BCUT2D eigenvalue weighted by molar-refractivity contribution is -0.147. The monoisotopic (exact) mass is 475 g/mol. The summed E-state index contributed by atoms with van der Waals surface area (Å²) in [6.45, 7) is 9.49. The molecule has 0 radical (unpaired) electrons. The van der Waals surface area contributed by atoms with Crippen LogP contribution >= 0.6 is 11.8 Å². The minimum Gasteiger partial charge on any atom is -0.394 e. The van der Waals surface area contributed by atoms with Gasteiger partial charge in [-0.3, -0.25) is 14.4 Å². The topological polar surface area (TPSA) is 81.2 Å². The molecule has 182 valence electrons. The van der Waals surface area contributed by atoms with E-state index < -0.39 is 28.7 Å². The highest BCUT2D eigenvalue weighted by Gasteiger charge is 2.71. The predicted octanol–water partition coefficient (Wildman–Crippen LogP) is 2.06. The largest absolute Gasteiger partial charge is 0.394 e. The molecular weight excluding hydrogens is 438 g/mol. The molecule has 0 aromatic rings. The molecule has 0 saturated carbocycles. The molecule has 8 heteroatoms. The first-order chi connectivity index (χ1) is 15.8. The molecule has 7 atom stereocenters. The fraction of sp³-hybridized carbons (Fsp3) is 0.720. The lowest BCUT2D eigenvalue weighted by atomic mass is 9.78. The molecule has 0 bridgehead atoms. The Kier molecular flexibility index (Phi) is 6.97. The van der Waals surface area contributed by atoms with Crippen molar-refractivity contribution < 1.29 is 19.5 Å². The van der Waals surface area contributed by atoms with Gasteiger partial charge in [-0.05, 0) is 26.7 Å². The summed E-state index contributed by atoms with van der Waals surface area (Å²) < 4.78 is -0.803. The third-order valence-corrected chi connectivity index (χ3v) is 9.43. The van der Waals surface area contributed by atoms with Crippen molar-refractivity contribution in [2.75, 3.05) is 26.2 Å². The van der Waals surface area contributed by atoms with Gasteiger partial charge in [0.2, 0.25) is 17.7 Å². The average molecular weight is 476 g/mol. The van der Waals surface area contributed by atoms with E-state index in [-0.39, 0.29) is 35.6 Å². The zero-order chi connectivity index (χ0) is 23.9. The van der Waals surface area contributed by atoms with E-state index in [1.165, 1.54) is 0 Å². The summed E-state index contributed by atoms with van der Waals surface area (Å²) in [5.74, 6) is -1.34. The Balaban J connectivity index is 1.81. The fourth-order valence-corrected chi connectivity index (χ4v) is 8.14. The number of hydrogen-bond donors (Lipinski definition) is 1. The van der Waals surface area contributed by atoms with Crippen molar-refractivity contribution in [3.63, 3.8) is 0 Å². The second-order valence-electron chi connectivity index (χ2n) is 9.86. The number of likely N-dealkylation sites (tertiary alicyclic amines) is 1. The van der Waals surface area contributed by atoms with Gasteiger partial charge in [0, 0.05) is 30.9 Å². The van der Waals surface area contributed by atoms with Gasteiger partial charge < -0.3 is 19.8 Å². The van der Waals surface area contributed by atoms with Crippen molar-refractivity contribution in [3.8, 4) is 0 Å². The standard InChI is InChI=1S/C25H37N3O4S/c1-5-9-16(3)27-14-8-11-25-20(23(31)28(17(4)15-29)21(25)24(27)32)19-18(33-25)10-7-13-26(12-6-2)22(19)30/h7-8,10-11,16-21,29H,5-6,9,12-15H2,1-4H3/t16?,17-,18+,19-,20+,21?,25+/m1/s1. The summed E-state index contributed by atoms with van der Waals surface area (Å²) >= 11 is 1.60. The van der Waals surface area contributed by atoms with Crippen molar-refractivity contribution in [1.29, 1.82) is 0 Å². The number of rotatable bonds is 7. The molecule has 2 fully saturated rings. The van der Waals surface area contributed by atoms with Crippen molar-refractivity contribution in [2.24, 2.45) is 11.8 Å². The predicted molar refractivity (Wildman–Crippen MR) is 130 cm³/mol. The van der Waals surface area contributed by atoms with Crippen LogP contribution in [0.15, 0.2) is 24.3 Å². The highest BCUT2D eigenvalue weighted by Crippen LogP contribution is 2.61. The van der Waals surface area contributed by atoms with Crippen LogP contribution in [0.2, 0.25) is 0 Å². The van der Waals surface area contributed by atoms with Crippen molar-refractivity contribution >= 4 is 29.5 Å². The summed E-state index contributed by atoms with van der Waals surface area (Å²) in [5, 5.41) is 9.85. The molecule has 3 amide bonds. The number of thioether (sulfide) groups is 1. The Morgan fingerprint density at radius 1 is 1.06 bits per heavy atom. The molecule has 4 aliphatic rings. The molecule has 1 spiro atoms.